The molecule has 1 amide bonds. The lowest BCUT2D eigenvalue weighted by atomic mass is 9.94. The molecule has 2 aliphatic rings. The van der Waals surface area contributed by atoms with Crippen LogP contribution in [0.1, 0.15) is 25.0 Å². The van der Waals surface area contributed by atoms with Gasteiger partial charge in [0.05, 0.1) is 6.54 Å². The second-order valence-corrected chi connectivity index (χ2v) is 8.46. The Kier molecular flexibility index (Phi) is 5.97. The minimum atomic E-state index is -0.209. The predicted molar refractivity (Wildman–Crippen MR) is 114 cm³/mol. The van der Waals surface area contributed by atoms with Crippen molar-refractivity contribution in [2.24, 2.45) is 0 Å². The van der Waals surface area contributed by atoms with Gasteiger partial charge in [-0.3, -0.25) is 14.6 Å². The van der Waals surface area contributed by atoms with E-state index in [0.717, 1.165) is 56.8 Å². The van der Waals surface area contributed by atoms with Crippen molar-refractivity contribution in [2.75, 3.05) is 39.3 Å². The first-order valence-electron chi connectivity index (χ1n) is 10.6. The molecule has 2 aromatic carbocycles. The van der Waals surface area contributed by atoms with Crippen LogP contribution in [-0.2, 0) is 17.8 Å². The Morgan fingerprint density at radius 3 is 2.45 bits per heavy atom. The number of rotatable bonds is 4. The Labute approximate surface area is 172 Å². The molecule has 4 rings (SSSR count). The average molecular weight is 396 g/mol. The molecule has 2 heterocycles. The van der Waals surface area contributed by atoms with E-state index in [1.165, 1.54) is 17.2 Å². The van der Waals surface area contributed by atoms with Crippen LogP contribution in [0.4, 0.5) is 4.39 Å². The van der Waals surface area contributed by atoms with Crippen LogP contribution in [0.15, 0.2) is 42.5 Å². The number of carbonyl (C=O) groups is 1. The molecule has 1 saturated heterocycles. The van der Waals surface area contributed by atoms with Crippen LogP contribution in [0.2, 0.25) is 0 Å². The van der Waals surface area contributed by atoms with E-state index in [1.807, 2.05) is 11.0 Å². The molecule has 0 spiro atoms. The lowest BCUT2D eigenvalue weighted by molar-refractivity contribution is -0.134. The summed E-state index contributed by atoms with van der Waals surface area (Å²) in [6.45, 7) is 10.2. The second kappa shape index (κ2) is 8.64. The Balaban J connectivity index is 1.36. The van der Waals surface area contributed by atoms with Crippen LogP contribution in [-0.4, -0.2) is 65.9 Å². The molecule has 29 heavy (non-hydrogen) atoms. The fourth-order valence-corrected chi connectivity index (χ4v) is 4.37. The lowest BCUT2D eigenvalue weighted by Gasteiger charge is -2.38. The van der Waals surface area contributed by atoms with Crippen LogP contribution in [0.25, 0.3) is 11.1 Å². The summed E-state index contributed by atoms with van der Waals surface area (Å²) < 4.78 is 13.5. The molecular formula is C24H30FN3O. The van der Waals surface area contributed by atoms with E-state index >= 15 is 0 Å². The smallest absolute Gasteiger partial charge is 0.236 e. The van der Waals surface area contributed by atoms with E-state index in [-0.39, 0.29) is 11.7 Å². The predicted octanol–water partition coefficient (Wildman–Crippen LogP) is 3.40. The van der Waals surface area contributed by atoms with E-state index in [9.17, 15) is 9.18 Å². The zero-order valence-corrected chi connectivity index (χ0v) is 17.4. The van der Waals surface area contributed by atoms with Crippen LogP contribution in [0, 0.1) is 5.82 Å². The van der Waals surface area contributed by atoms with Gasteiger partial charge in [-0.15, -0.1) is 0 Å². The van der Waals surface area contributed by atoms with Gasteiger partial charge < -0.3 is 4.90 Å². The van der Waals surface area contributed by atoms with E-state index in [2.05, 4.69) is 41.8 Å². The normalized spacial score (nSPS) is 18.1. The van der Waals surface area contributed by atoms with Crippen LogP contribution < -0.4 is 0 Å². The standard InChI is InChI=1S/C24H30FN3O/c1-18(2)27-10-12-28(13-11-27)24(29)17-26-9-8-21-14-20(6-7-22(21)16-26)19-4-3-5-23(25)15-19/h3-7,14-15,18H,8-13,16-17H2,1-2H3. The van der Waals surface area contributed by atoms with Gasteiger partial charge in [-0.2, -0.15) is 0 Å². The Morgan fingerprint density at radius 1 is 0.966 bits per heavy atom. The van der Waals surface area contributed by atoms with Gasteiger partial charge >= 0.3 is 0 Å². The minimum Gasteiger partial charge on any atom is -0.339 e. The molecule has 0 atom stereocenters. The first-order chi connectivity index (χ1) is 14.0. The molecule has 154 valence electrons. The highest BCUT2D eigenvalue weighted by molar-refractivity contribution is 5.78. The molecule has 0 radical (unpaired) electrons. The molecule has 0 aromatic heterocycles. The summed E-state index contributed by atoms with van der Waals surface area (Å²) in [5.74, 6) is 0.0346. The zero-order valence-electron chi connectivity index (χ0n) is 17.4. The molecule has 5 heteroatoms. The number of nitrogens with zero attached hydrogens (tertiary/aromatic N) is 3. The SMILES string of the molecule is CC(C)N1CCN(C(=O)CN2CCc3cc(-c4cccc(F)c4)ccc3C2)CC1. The molecule has 0 bridgehead atoms. The van der Waals surface area contributed by atoms with Crippen LogP contribution in [0.3, 0.4) is 0 Å². The highest BCUT2D eigenvalue weighted by Gasteiger charge is 2.25. The van der Waals surface area contributed by atoms with Crippen molar-refractivity contribution in [1.29, 1.82) is 0 Å². The van der Waals surface area contributed by atoms with Crippen molar-refractivity contribution in [1.82, 2.24) is 14.7 Å². The summed E-state index contributed by atoms with van der Waals surface area (Å²) >= 11 is 0. The number of piperazine rings is 1. The molecule has 0 N–H and O–H groups in total. The van der Waals surface area contributed by atoms with Crippen molar-refractivity contribution in [2.45, 2.75) is 32.9 Å². The molecule has 2 aliphatic heterocycles. The second-order valence-electron chi connectivity index (χ2n) is 8.46. The minimum absolute atomic E-state index is 0.209. The summed E-state index contributed by atoms with van der Waals surface area (Å²) in [5, 5.41) is 0. The van der Waals surface area contributed by atoms with E-state index in [1.54, 1.807) is 12.1 Å². The third-order valence-electron chi connectivity index (χ3n) is 6.21. The number of fused-ring (bicyclic) bond motifs is 1. The van der Waals surface area contributed by atoms with Crippen molar-refractivity contribution in [3.05, 3.63) is 59.4 Å². The van der Waals surface area contributed by atoms with Crippen molar-refractivity contribution >= 4 is 5.91 Å². The third-order valence-corrected chi connectivity index (χ3v) is 6.21. The fraction of sp³-hybridized carbons (Fsp3) is 0.458. The largest absolute Gasteiger partial charge is 0.339 e. The molecule has 4 nitrogen and oxygen atoms in total. The Hall–Kier alpha value is -2.24. The van der Waals surface area contributed by atoms with Crippen LogP contribution in [0.5, 0.6) is 0 Å². The average Bonchev–Trinajstić information content (AvgIpc) is 2.73. The number of carbonyl (C=O) groups excluding carboxylic acids is 1. The lowest BCUT2D eigenvalue weighted by Crippen LogP contribution is -2.53. The highest BCUT2D eigenvalue weighted by atomic mass is 19.1. The van der Waals surface area contributed by atoms with E-state index < -0.39 is 0 Å². The Bertz CT molecular complexity index is 874. The van der Waals surface area contributed by atoms with Gasteiger partial charge in [-0.25, -0.2) is 4.39 Å². The van der Waals surface area contributed by atoms with Crippen LogP contribution >= 0.6 is 0 Å². The summed E-state index contributed by atoms with van der Waals surface area (Å²) in [6.07, 6.45) is 0.924. The van der Waals surface area contributed by atoms with Gasteiger partial charge in [-0.05, 0) is 54.7 Å². The summed E-state index contributed by atoms with van der Waals surface area (Å²) in [7, 11) is 0. The fourth-order valence-electron chi connectivity index (χ4n) is 4.37. The summed E-state index contributed by atoms with van der Waals surface area (Å²) in [4.78, 5) is 19.5. The summed E-state index contributed by atoms with van der Waals surface area (Å²) in [6, 6.07) is 13.7. The number of amides is 1. The first-order valence-corrected chi connectivity index (χ1v) is 10.6. The van der Waals surface area contributed by atoms with Gasteiger partial charge in [0.1, 0.15) is 5.82 Å². The maximum absolute atomic E-state index is 13.5. The maximum atomic E-state index is 13.5. The van der Waals surface area contributed by atoms with Gasteiger partial charge in [0, 0.05) is 45.3 Å². The Morgan fingerprint density at radius 2 is 1.72 bits per heavy atom. The van der Waals surface area contributed by atoms with Gasteiger partial charge in [0.2, 0.25) is 5.91 Å². The monoisotopic (exact) mass is 395 g/mol. The first kappa shape index (κ1) is 20.0. The number of benzene rings is 2. The number of halogens is 1. The molecule has 0 aliphatic carbocycles. The molecule has 2 aromatic rings. The van der Waals surface area contributed by atoms with E-state index in [4.69, 9.17) is 0 Å². The van der Waals surface area contributed by atoms with E-state index in [0.29, 0.717) is 12.6 Å². The van der Waals surface area contributed by atoms with Gasteiger partial charge in [-0.1, -0.05) is 30.3 Å². The van der Waals surface area contributed by atoms with Gasteiger partial charge in [0.25, 0.3) is 0 Å². The number of hydrogen-bond donors (Lipinski definition) is 0. The quantitative estimate of drug-likeness (QED) is 0.794. The molecule has 0 unspecified atom stereocenters. The summed E-state index contributed by atoms with van der Waals surface area (Å²) in [5.41, 5.74) is 4.54. The zero-order chi connectivity index (χ0) is 20.4. The van der Waals surface area contributed by atoms with Crippen molar-refractivity contribution in [3.63, 3.8) is 0 Å². The van der Waals surface area contributed by atoms with Crippen molar-refractivity contribution < 1.29 is 9.18 Å². The maximum Gasteiger partial charge on any atom is 0.236 e. The molecule has 1 fully saturated rings. The van der Waals surface area contributed by atoms with Crippen molar-refractivity contribution in [3.8, 4) is 11.1 Å². The molecular weight excluding hydrogens is 365 g/mol. The highest BCUT2D eigenvalue weighted by Crippen LogP contribution is 2.27. The number of hydrogen-bond acceptors (Lipinski definition) is 3. The third kappa shape index (κ3) is 4.68. The topological polar surface area (TPSA) is 26.8 Å². The molecule has 0 saturated carbocycles. The van der Waals surface area contributed by atoms with Gasteiger partial charge in [0.15, 0.2) is 0 Å².